The average Bonchev–Trinajstić information content (AvgIpc) is 2.85. The molecule has 0 spiro atoms. The van der Waals surface area contributed by atoms with Crippen molar-refractivity contribution < 1.29 is 26.0 Å². The summed E-state index contributed by atoms with van der Waals surface area (Å²) in [6.07, 6.45) is 1.55. The first kappa shape index (κ1) is 19.8. The zero-order valence-corrected chi connectivity index (χ0v) is 16.8. The number of furan rings is 1. The van der Waals surface area contributed by atoms with E-state index in [1.165, 1.54) is 30.3 Å². The van der Waals surface area contributed by atoms with E-state index in [2.05, 4.69) is 21.2 Å². The molecule has 0 aliphatic carbocycles. The molecule has 1 amide bonds. The fourth-order valence-corrected chi connectivity index (χ4v) is 5.90. The van der Waals surface area contributed by atoms with E-state index in [-0.39, 0.29) is 26.8 Å². The summed E-state index contributed by atoms with van der Waals surface area (Å²) in [6.45, 7) is 0. The van der Waals surface area contributed by atoms with Gasteiger partial charge in [-0.2, -0.15) is 3.71 Å². The number of amides is 1. The van der Waals surface area contributed by atoms with E-state index in [9.17, 15) is 21.6 Å². The molecule has 1 aromatic carbocycles. The number of carbonyl (C=O) groups excluding carboxylic acids is 1. The molecule has 0 radical (unpaired) electrons. The van der Waals surface area contributed by atoms with Crippen LogP contribution in [0.15, 0.2) is 39.2 Å². The molecule has 0 atom stereocenters. The lowest BCUT2D eigenvalue weighted by molar-refractivity contribution is 0.0996. The molecule has 0 aliphatic heterocycles. The van der Waals surface area contributed by atoms with Gasteiger partial charge in [0.1, 0.15) is 0 Å². The molecular weight excluding hydrogens is 460 g/mol. The molecular formula is C13H12BrClN2O6S2. The minimum absolute atomic E-state index is 0.0147. The van der Waals surface area contributed by atoms with Crippen molar-refractivity contribution in [2.24, 2.45) is 0 Å². The number of rotatable bonds is 5. The molecule has 136 valence electrons. The Hall–Kier alpha value is -1.56. The van der Waals surface area contributed by atoms with E-state index in [0.29, 0.717) is 3.71 Å². The molecule has 0 fully saturated rings. The first-order valence-electron chi connectivity index (χ1n) is 6.46. The van der Waals surface area contributed by atoms with E-state index in [4.69, 9.17) is 16.0 Å². The highest BCUT2D eigenvalue weighted by atomic mass is 79.9. The van der Waals surface area contributed by atoms with Crippen LogP contribution in [0.3, 0.4) is 0 Å². The molecule has 1 heterocycles. The lowest BCUT2D eigenvalue weighted by atomic mass is 10.3. The smallest absolute Gasteiger partial charge is 0.291 e. The molecule has 0 unspecified atom stereocenters. The Morgan fingerprint density at radius 1 is 1.12 bits per heavy atom. The number of nitrogens with zero attached hydrogens (tertiary/aromatic N) is 1. The van der Waals surface area contributed by atoms with Crippen LogP contribution in [0, 0.1) is 0 Å². The first-order chi connectivity index (χ1) is 11.4. The van der Waals surface area contributed by atoms with Crippen molar-refractivity contribution in [3.8, 4) is 0 Å². The molecule has 8 nitrogen and oxygen atoms in total. The molecule has 0 saturated carbocycles. The van der Waals surface area contributed by atoms with Crippen molar-refractivity contribution in [1.29, 1.82) is 0 Å². The predicted octanol–water partition coefficient (Wildman–Crippen LogP) is 2.67. The zero-order valence-electron chi connectivity index (χ0n) is 12.9. The molecule has 2 rings (SSSR count). The van der Waals surface area contributed by atoms with E-state index in [1.807, 2.05) is 0 Å². The maximum absolute atomic E-state index is 12.0. The SMILES string of the molecule is CS(=O)(=O)N(c1ccc(NC(=O)c2ccc(Cl)o2)cc1Br)S(C)(=O)=O. The summed E-state index contributed by atoms with van der Waals surface area (Å²) in [4.78, 5) is 12.0. The lowest BCUT2D eigenvalue weighted by Gasteiger charge is -2.21. The van der Waals surface area contributed by atoms with Crippen molar-refractivity contribution in [1.82, 2.24) is 0 Å². The fourth-order valence-electron chi connectivity index (χ4n) is 1.96. The highest BCUT2D eigenvalue weighted by Gasteiger charge is 2.29. The van der Waals surface area contributed by atoms with Crippen LogP contribution in [0.1, 0.15) is 10.6 Å². The summed E-state index contributed by atoms with van der Waals surface area (Å²) in [6, 6.07) is 6.76. The van der Waals surface area contributed by atoms with Gasteiger partial charge in [0.25, 0.3) is 5.91 Å². The molecule has 1 aromatic heterocycles. The summed E-state index contributed by atoms with van der Waals surface area (Å²) >= 11 is 8.72. The third-order valence-corrected chi connectivity index (χ3v) is 6.86. The Bertz CT molecular complexity index is 1000. The van der Waals surface area contributed by atoms with Gasteiger partial charge in [-0.05, 0) is 57.9 Å². The second-order valence-corrected chi connectivity index (χ2v) is 10.1. The minimum atomic E-state index is -4.08. The Kier molecular flexibility index (Phi) is 5.52. The van der Waals surface area contributed by atoms with Gasteiger partial charge >= 0.3 is 0 Å². The van der Waals surface area contributed by atoms with Gasteiger partial charge in [0.2, 0.25) is 20.0 Å². The summed E-state index contributed by atoms with van der Waals surface area (Å²) in [5, 5.41) is 2.57. The number of benzene rings is 1. The summed E-state index contributed by atoms with van der Waals surface area (Å²) in [5.74, 6) is -0.589. The van der Waals surface area contributed by atoms with Gasteiger partial charge in [0.05, 0.1) is 18.2 Å². The Labute approximate surface area is 158 Å². The largest absolute Gasteiger partial charge is 0.440 e. The molecule has 1 N–H and O–H groups in total. The van der Waals surface area contributed by atoms with E-state index >= 15 is 0 Å². The van der Waals surface area contributed by atoms with Crippen molar-refractivity contribution in [3.05, 3.63) is 45.8 Å². The topological polar surface area (TPSA) is 114 Å². The van der Waals surface area contributed by atoms with E-state index < -0.39 is 26.0 Å². The van der Waals surface area contributed by atoms with Gasteiger partial charge in [0.15, 0.2) is 11.0 Å². The summed E-state index contributed by atoms with van der Waals surface area (Å²) < 4.78 is 52.7. The summed E-state index contributed by atoms with van der Waals surface area (Å²) in [5.41, 5.74) is 0.180. The fraction of sp³-hybridized carbons (Fsp3) is 0.154. The Balaban J connectivity index is 2.36. The number of hydrogen-bond acceptors (Lipinski definition) is 6. The number of hydrogen-bond donors (Lipinski definition) is 1. The van der Waals surface area contributed by atoms with Gasteiger partial charge in [-0.25, -0.2) is 16.8 Å². The van der Waals surface area contributed by atoms with Crippen LogP contribution >= 0.6 is 27.5 Å². The summed E-state index contributed by atoms with van der Waals surface area (Å²) in [7, 11) is -8.15. The first-order valence-corrected chi connectivity index (χ1v) is 11.3. The molecule has 0 aliphatic rings. The number of sulfonamides is 2. The van der Waals surface area contributed by atoms with Gasteiger partial charge < -0.3 is 9.73 Å². The van der Waals surface area contributed by atoms with E-state index in [0.717, 1.165) is 12.5 Å². The van der Waals surface area contributed by atoms with Crippen LogP contribution in [0.5, 0.6) is 0 Å². The molecule has 2 aromatic rings. The van der Waals surface area contributed by atoms with Crippen molar-refractivity contribution in [3.63, 3.8) is 0 Å². The van der Waals surface area contributed by atoms with Crippen LogP contribution < -0.4 is 9.03 Å². The number of nitrogens with one attached hydrogen (secondary N) is 1. The number of anilines is 2. The van der Waals surface area contributed by atoms with E-state index in [1.54, 1.807) is 0 Å². The predicted molar refractivity (Wildman–Crippen MR) is 98.0 cm³/mol. The number of carbonyl (C=O) groups is 1. The van der Waals surface area contributed by atoms with Crippen LogP contribution in [-0.2, 0) is 20.0 Å². The normalized spacial score (nSPS) is 12.0. The van der Waals surface area contributed by atoms with Crippen LogP contribution in [-0.4, -0.2) is 35.3 Å². The zero-order chi connectivity index (χ0) is 19.0. The van der Waals surface area contributed by atoms with Gasteiger partial charge in [-0.15, -0.1) is 0 Å². The van der Waals surface area contributed by atoms with Crippen molar-refractivity contribution in [2.45, 2.75) is 0 Å². The lowest BCUT2D eigenvalue weighted by Crippen LogP contribution is -2.35. The van der Waals surface area contributed by atoms with Crippen molar-refractivity contribution in [2.75, 3.05) is 21.5 Å². The molecule has 0 bridgehead atoms. The highest BCUT2D eigenvalue weighted by molar-refractivity contribution is 9.10. The molecule has 12 heteroatoms. The Morgan fingerprint density at radius 2 is 1.72 bits per heavy atom. The third-order valence-electron chi connectivity index (χ3n) is 2.80. The highest BCUT2D eigenvalue weighted by Crippen LogP contribution is 2.32. The average molecular weight is 472 g/mol. The van der Waals surface area contributed by atoms with Crippen LogP contribution in [0.4, 0.5) is 11.4 Å². The quantitative estimate of drug-likeness (QED) is 0.717. The van der Waals surface area contributed by atoms with Gasteiger partial charge in [-0.3, -0.25) is 4.79 Å². The minimum Gasteiger partial charge on any atom is -0.440 e. The Morgan fingerprint density at radius 3 is 2.16 bits per heavy atom. The van der Waals surface area contributed by atoms with Gasteiger partial charge in [-0.1, -0.05) is 0 Å². The second-order valence-electron chi connectivity index (χ2n) is 4.95. The molecule has 0 saturated heterocycles. The van der Waals surface area contributed by atoms with Gasteiger partial charge in [0, 0.05) is 10.2 Å². The van der Waals surface area contributed by atoms with Crippen LogP contribution in [0.2, 0.25) is 5.22 Å². The maximum Gasteiger partial charge on any atom is 0.291 e. The monoisotopic (exact) mass is 470 g/mol. The van der Waals surface area contributed by atoms with Crippen molar-refractivity contribution >= 4 is 64.9 Å². The molecule has 25 heavy (non-hydrogen) atoms. The maximum atomic E-state index is 12.0. The second kappa shape index (κ2) is 6.98. The van der Waals surface area contributed by atoms with Crippen LogP contribution in [0.25, 0.3) is 0 Å². The number of halogens is 2. The third kappa shape index (κ3) is 4.75. The standard InChI is InChI=1S/C13H12BrClN2O6S2/c1-24(19,20)17(25(2,21)22)10-4-3-8(7-9(10)14)16-13(18)11-5-6-12(15)23-11/h3-7H,1-2H3,(H,16,18).